The number of nitrogens with one attached hydrogen (secondary N) is 2. The summed E-state index contributed by atoms with van der Waals surface area (Å²) in [5, 5.41) is 0. The van der Waals surface area contributed by atoms with Gasteiger partial charge in [0.05, 0.1) is 35.9 Å². The molecule has 6 aromatic rings. The lowest BCUT2D eigenvalue weighted by molar-refractivity contribution is -0.138. The minimum Gasteiger partial charge on any atom is -0.340 e. The van der Waals surface area contributed by atoms with Gasteiger partial charge in [0.25, 0.3) is 0 Å². The highest BCUT2D eigenvalue weighted by molar-refractivity contribution is 6.04. The molecule has 4 atom stereocenters. The number of carbonyl (C=O) groups excluding carboxylic acids is 2. The highest BCUT2D eigenvalue weighted by atomic mass is 16.2. The molecule has 3 aliphatic rings. The largest absolute Gasteiger partial charge is 0.340 e. The molecular formula is C46H48N8O2. The number of aromatic nitrogens is 4. The first-order chi connectivity index (χ1) is 27.3. The van der Waals surface area contributed by atoms with Gasteiger partial charge in [0.1, 0.15) is 23.7 Å². The maximum absolute atomic E-state index is 14.0. The molecule has 9 rings (SSSR count). The van der Waals surface area contributed by atoms with Crippen LogP contribution in [0.3, 0.4) is 0 Å². The summed E-state index contributed by atoms with van der Waals surface area (Å²) < 4.78 is 0. The van der Waals surface area contributed by atoms with Crippen LogP contribution in [-0.2, 0) is 9.59 Å². The Balaban J connectivity index is 0.903. The number of hydrogen-bond donors (Lipinski definition) is 2. The average Bonchev–Trinajstić information content (AvgIpc) is 4.04. The second-order valence-corrected chi connectivity index (χ2v) is 15.8. The van der Waals surface area contributed by atoms with Crippen molar-refractivity contribution in [3.8, 4) is 44.8 Å². The molecule has 2 fully saturated rings. The van der Waals surface area contributed by atoms with Crippen LogP contribution in [0.5, 0.6) is 0 Å². The molecule has 56 heavy (non-hydrogen) atoms. The second kappa shape index (κ2) is 14.7. The SMILES string of the molecule is CN(C)[C@@H](C(=O)N1CCC[C@H]1c1ncc(-c2ccc3c(c2)-c2ccc(-c4cnc([C@@H]5CCCN5C(=O)[C@@H](c5ccccc5)N(C)C)[nH]4)cc2-3)[nH]1)c1ccccc1. The van der Waals surface area contributed by atoms with Crippen LogP contribution in [-0.4, -0.2) is 92.6 Å². The number of likely N-dealkylation sites (tertiary alicyclic amines) is 2. The van der Waals surface area contributed by atoms with Gasteiger partial charge >= 0.3 is 0 Å². The molecule has 2 N–H and O–H groups in total. The molecule has 0 radical (unpaired) electrons. The fourth-order valence-corrected chi connectivity index (χ4v) is 9.12. The topological polar surface area (TPSA) is 104 Å². The Kier molecular flexibility index (Phi) is 9.39. The number of amides is 2. The minimum absolute atomic E-state index is 0.0855. The summed E-state index contributed by atoms with van der Waals surface area (Å²) in [5.74, 6) is 1.89. The normalized spacial score (nSPS) is 18.5. The molecule has 2 aliphatic heterocycles. The molecule has 2 saturated heterocycles. The highest BCUT2D eigenvalue weighted by Crippen LogP contribution is 2.50. The van der Waals surface area contributed by atoms with Gasteiger partial charge in [-0.15, -0.1) is 0 Å². The minimum atomic E-state index is -0.343. The fraction of sp³-hybridized carbons (Fsp3) is 0.304. The molecule has 0 bridgehead atoms. The number of rotatable bonds is 10. The Morgan fingerprint density at radius 2 is 1.00 bits per heavy atom. The summed E-state index contributed by atoms with van der Waals surface area (Å²) in [5.41, 5.74) is 10.9. The predicted molar refractivity (Wildman–Crippen MR) is 219 cm³/mol. The Labute approximate surface area is 328 Å². The Hall–Kier alpha value is -5.84. The molecule has 0 unspecified atom stereocenters. The second-order valence-electron chi connectivity index (χ2n) is 15.8. The van der Waals surface area contributed by atoms with Crippen molar-refractivity contribution in [2.45, 2.75) is 49.9 Å². The van der Waals surface area contributed by atoms with Crippen molar-refractivity contribution in [1.82, 2.24) is 39.5 Å². The van der Waals surface area contributed by atoms with Gasteiger partial charge in [-0.2, -0.15) is 0 Å². The van der Waals surface area contributed by atoms with E-state index in [1.807, 2.05) is 121 Å². The zero-order valence-electron chi connectivity index (χ0n) is 32.4. The first kappa shape index (κ1) is 35.8. The van der Waals surface area contributed by atoms with Gasteiger partial charge in [-0.05, 0) is 99.4 Å². The monoisotopic (exact) mass is 744 g/mol. The van der Waals surface area contributed by atoms with Crippen LogP contribution < -0.4 is 0 Å². The molecule has 2 aromatic heterocycles. The number of benzene rings is 4. The van der Waals surface area contributed by atoms with Crippen LogP contribution in [0.15, 0.2) is 109 Å². The summed E-state index contributed by atoms with van der Waals surface area (Å²) >= 11 is 0. The molecule has 0 spiro atoms. The lowest BCUT2D eigenvalue weighted by atomic mass is 9.78. The van der Waals surface area contributed by atoms with Gasteiger partial charge in [-0.3, -0.25) is 19.4 Å². The van der Waals surface area contributed by atoms with Gasteiger partial charge < -0.3 is 19.8 Å². The third-order valence-electron chi connectivity index (χ3n) is 11.9. The molecule has 4 aromatic carbocycles. The van der Waals surface area contributed by atoms with E-state index in [-0.39, 0.29) is 36.0 Å². The van der Waals surface area contributed by atoms with Crippen LogP contribution >= 0.6 is 0 Å². The smallest absolute Gasteiger partial charge is 0.245 e. The lowest BCUT2D eigenvalue weighted by Gasteiger charge is -2.31. The summed E-state index contributed by atoms with van der Waals surface area (Å²) in [6, 6.07) is 32.3. The fourth-order valence-electron chi connectivity index (χ4n) is 9.12. The first-order valence-electron chi connectivity index (χ1n) is 19.7. The Bertz CT molecular complexity index is 2200. The molecule has 0 saturated carbocycles. The van der Waals surface area contributed by atoms with Crippen LogP contribution in [0.1, 0.15) is 72.6 Å². The average molecular weight is 745 g/mol. The molecule has 2 amide bonds. The van der Waals surface area contributed by atoms with Crippen LogP contribution in [0, 0.1) is 0 Å². The van der Waals surface area contributed by atoms with Gasteiger partial charge in [0.2, 0.25) is 11.8 Å². The number of carbonyl (C=O) groups is 2. The zero-order valence-corrected chi connectivity index (χ0v) is 32.4. The van der Waals surface area contributed by atoms with Crippen LogP contribution in [0.4, 0.5) is 0 Å². The van der Waals surface area contributed by atoms with E-state index in [0.29, 0.717) is 0 Å². The summed E-state index contributed by atoms with van der Waals surface area (Å²) in [6.45, 7) is 1.44. The van der Waals surface area contributed by atoms with Crippen molar-refractivity contribution in [2.75, 3.05) is 41.3 Å². The number of fused-ring (bicyclic) bond motifs is 4. The van der Waals surface area contributed by atoms with Crippen molar-refractivity contribution >= 4 is 11.8 Å². The van der Waals surface area contributed by atoms with E-state index in [1.165, 1.54) is 22.3 Å². The first-order valence-corrected chi connectivity index (χ1v) is 19.7. The maximum Gasteiger partial charge on any atom is 0.245 e. The standard InChI is InChI=1S/C46H48N8O2/c1-51(2)41(29-13-7-5-8-14-29)45(55)53-23-11-17-39(53)43-47-27-37(49-43)31-19-21-33-35(25-31)34-22-20-32(26-36(33)34)38-28-48-44(50-38)40-18-12-24-54(40)46(56)42(52(3)4)30-15-9-6-10-16-30/h5-10,13-16,19-22,25-28,39-42H,11-12,17-18,23-24H2,1-4H3,(H,47,49)(H,48,50)/t39-,40-,41+,42+/m0/s1. The van der Waals surface area contributed by atoms with Crippen LogP contribution in [0.25, 0.3) is 44.8 Å². The molecule has 10 nitrogen and oxygen atoms in total. The molecule has 4 heterocycles. The quantitative estimate of drug-likeness (QED) is 0.147. The van der Waals surface area contributed by atoms with Crippen molar-refractivity contribution in [2.24, 2.45) is 0 Å². The highest BCUT2D eigenvalue weighted by Gasteiger charge is 2.38. The molecule has 284 valence electrons. The zero-order chi connectivity index (χ0) is 38.5. The summed E-state index contributed by atoms with van der Waals surface area (Å²) in [6.07, 6.45) is 7.46. The lowest BCUT2D eigenvalue weighted by Crippen LogP contribution is -2.40. The number of H-pyrrole nitrogens is 2. The Morgan fingerprint density at radius 3 is 1.39 bits per heavy atom. The van der Waals surface area contributed by atoms with E-state index >= 15 is 0 Å². The van der Waals surface area contributed by atoms with Crippen molar-refractivity contribution in [3.05, 3.63) is 132 Å². The number of aromatic amines is 2. The maximum atomic E-state index is 14.0. The van der Waals surface area contributed by atoms with E-state index in [9.17, 15) is 9.59 Å². The Morgan fingerprint density at radius 1 is 0.589 bits per heavy atom. The number of hydrogen-bond acceptors (Lipinski definition) is 6. The third-order valence-corrected chi connectivity index (χ3v) is 11.9. The van der Waals surface area contributed by atoms with Crippen LogP contribution in [0.2, 0.25) is 0 Å². The van der Waals surface area contributed by atoms with Crippen molar-refractivity contribution in [3.63, 3.8) is 0 Å². The van der Waals surface area contributed by atoms with Gasteiger partial charge in [-0.25, -0.2) is 9.97 Å². The number of imidazole rings is 2. The predicted octanol–water partition coefficient (Wildman–Crippen LogP) is 8.05. The van der Waals surface area contributed by atoms with E-state index < -0.39 is 0 Å². The van der Waals surface area contributed by atoms with Gasteiger partial charge in [-0.1, -0.05) is 84.9 Å². The third kappa shape index (κ3) is 6.32. The van der Waals surface area contributed by atoms with E-state index in [0.717, 1.165) is 84.1 Å². The molecule has 1 aliphatic carbocycles. The van der Waals surface area contributed by atoms with Crippen molar-refractivity contribution in [1.29, 1.82) is 0 Å². The summed E-state index contributed by atoms with van der Waals surface area (Å²) in [7, 11) is 7.86. The van der Waals surface area contributed by atoms with Gasteiger partial charge in [0, 0.05) is 24.2 Å². The van der Waals surface area contributed by atoms with Crippen molar-refractivity contribution < 1.29 is 9.59 Å². The molecular weight excluding hydrogens is 697 g/mol. The molecule has 10 heteroatoms. The number of nitrogens with zero attached hydrogens (tertiary/aromatic N) is 6. The van der Waals surface area contributed by atoms with E-state index in [1.54, 1.807) is 0 Å². The van der Waals surface area contributed by atoms with E-state index in [2.05, 4.69) is 46.4 Å². The van der Waals surface area contributed by atoms with E-state index in [4.69, 9.17) is 9.97 Å². The summed E-state index contributed by atoms with van der Waals surface area (Å²) in [4.78, 5) is 52.8. The number of likely N-dealkylation sites (N-methyl/N-ethyl adjacent to an activating group) is 2. The van der Waals surface area contributed by atoms with Gasteiger partial charge in [0.15, 0.2) is 0 Å².